The number of aromatic nitrogens is 4. The fourth-order valence-corrected chi connectivity index (χ4v) is 4.42. The maximum absolute atomic E-state index is 14.0. The van der Waals surface area contributed by atoms with E-state index >= 15 is 0 Å². The molecule has 1 N–H and O–H groups in total. The van der Waals surface area contributed by atoms with Crippen LogP contribution in [0, 0.1) is 5.82 Å². The van der Waals surface area contributed by atoms with E-state index in [0.717, 1.165) is 18.5 Å². The Hall–Kier alpha value is -3.81. The van der Waals surface area contributed by atoms with Crippen LogP contribution < -0.4 is 15.4 Å². The minimum Gasteiger partial charge on any atom is -0.371 e. The van der Waals surface area contributed by atoms with Gasteiger partial charge in [-0.3, -0.25) is 9.59 Å². The van der Waals surface area contributed by atoms with Gasteiger partial charge in [-0.25, -0.2) is 19.5 Å². The summed E-state index contributed by atoms with van der Waals surface area (Å²) in [5.41, 5.74) is -0.497. The van der Waals surface area contributed by atoms with Crippen molar-refractivity contribution in [1.82, 2.24) is 25.1 Å². The molecule has 5 rings (SSSR count). The maximum atomic E-state index is 14.0. The van der Waals surface area contributed by atoms with Gasteiger partial charge in [-0.15, -0.1) is 0 Å². The summed E-state index contributed by atoms with van der Waals surface area (Å²) in [5.74, 6) is -0.640. The number of hydrogen-bond donors (Lipinski definition) is 1. The highest BCUT2D eigenvalue weighted by Gasteiger charge is 2.33. The molecule has 1 saturated heterocycles. The third kappa shape index (κ3) is 4.43. The van der Waals surface area contributed by atoms with E-state index in [1.165, 1.54) is 6.07 Å². The molecule has 10 nitrogen and oxygen atoms in total. The van der Waals surface area contributed by atoms with Crippen molar-refractivity contribution < 1.29 is 27.1 Å². The summed E-state index contributed by atoms with van der Waals surface area (Å²) in [6.45, 7) is 1.40. The number of nitrogens with one attached hydrogen (secondary N) is 1. The third-order valence-corrected chi connectivity index (χ3v) is 6.31. The quantitative estimate of drug-likeness (QED) is 0.533. The average molecular weight is 507 g/mol. The first kappa shape index (κ1) is 23.9. The smallest absolute Gasteiger partial charge is 0.371 e. The van der Waals surface area contributed by atoms with Crippen LogP contribution in [0.2, 0.25) is 0 Å². The summed E-state index contributed by atoms with van der Waals surface area (Å²) >= 11 is 0. The van der Waals surface area contributed by atoms with Gasteiger partial charge in [-0.2, -0.15) is 18.3 Å². The summed E-state index contributed by atoms with van der Waals surface area (Å²) in [5, 5.41) is 7.11. The summed E-state index contributed by atoms with van der Waals surface area (Å²) in [6.07, 6.45) is -3.66. The van der Waals surface area contributed by atoms with E-state index in [4.69, 9.17) is 4.74 Å². The van der Waals surface area contributed by atoms with Crippen molar-refractivity contribution in [3.05, 3.63) is 52.0 Å². The van der Waals surface area contributed by atoms with Gasteiger partial charge in [-0.05, 0) is 12.1 Å². The van der Waals surface area contributed by atoms with Crippen LogP contribution in [0.25, 0.3) is 10.8 Å². The molecule has 36 heavy (non-hydrogen) atoms. The first-order valence-corrected chi connectivity index (χ1v) is 11.1. The summed E-state index contributed by atoms with van der Waals surface area (Å²) < 4.78 is 58.0. The molecule has 2 aliphatic heterocycles. The van der Waals surface area contributed by atoms with E-state index in [9.17, 15) is 27.2 Å². The Morgan fingerprint density at radius 1 is 1.17 bits per heavy atom. The van der Waals surface area contributed by atoms with E-state index < -0.39 is 29.2 Å². The Morgan fingerprint density at radius 3 is 2.53 bits per heavy atom. The number of nitrogens with zero attached hydrogens (tertiary/aromatic N) is 6. The lowest BCUT2D eigenvalue weighted by atomic mass is 10.0. The van der Waals surface area contributed by atoms with Crippen molar-refractivity contribution in [3.63, 3.8) is 0 Å². The van der Waals surface area contributed by atoms with Crippen LogP contribution in [0.3, 0.4) is 0 Å². The van der Waals surface area contributed by atoms with Gasteiger partial charge in [0.25, 0.3) is 5.56 Å². The Labute approximate surface area is 201 Å². The van der Waals surface area contributed by atoms with E-state index in [-0.39, 0.29) is 23.8 Å². The van der Waals surface area contributed by atoms with E-state index in [1.54, 1.807) is 21.7 Å². The fraction of sp³-hybridized carbons (Fsp3) is 0.409. The number of alkyl halides is 3. The number of anilines is 2. The Kier molecular flexibility index (Phi) is 5.98. The van der Waals surface area contributed by atoms with E-state index in [2.05, 4.69) is 20.2 Å². The van der Waals surface area contributed by atoms with E-state index in [1.807, 2.05) is 0 Å². The van der Waals surface area contributed by atoms with Gasteiger partial charge in [-0.1, -0.05) is 0 Å². The van der Waals surface area contributed by atoms with Crippen molar-refractivity contribution in [2.75, 3.05) is 56.2 Å². The van der Waals surface area contributed by atoms with Crippen molar-refractivity contribution in [3.8, 4) is 0 Å². The standard InChI is InChI=1S/C22H21F4N7O3/c1-31-10-16(19-18-14(20(35)30-29-19)6-13(23)7-15(18)31)36-11-17(34)32-2-4-33(5-3-32)21-27-8-12(9-28-21)22(24,25)26/h6-9,16H,2-5,10-11H2,1H3,(H,30,35)/t16-/m1/s1. The molecule has 3 aromatic rings. The lowest BCUT2D eigenvalue weighted by Crippen LogP contribution is -2.50. The Bertz CT molecular complexity index is 1350. The van der Waals surface area contributed by atoms with Crippen LogP contribution in [0.4, 0.5) is 29.2 Å². The molecular formula is C22H21F4N7O3. The van der Waals surface area contributed by atoms with Gasteiger partial charge >= 0.3 is 6.18 Å². The number of likely N-dealkylation sites (N-methyl/N-ethyl adjacent to an activating group) is 1. The highest BCUT2D eigenvalue weighted by atomic mass is 19.4. The number of hydrogen-bond acceptors (Lipinski definition) is 8. The second kappa shape index (κ2) is 9.00. The second-order valence-electron chi connectivity index (χ2n) is 8.60. The average Bonchev–Trinajstić information content (AvgIpc) is 2.86. The van der Waals surface area contributed by atoms with Crippen LogP contribution in [-0.2, 0) is 15.7 Å². The van der Waals surface area contributed by atoms with Gasteiger partial charge in [0.1, 0.15) is 24.2 Å². The molecule has 0 saturated carbocycles. The molecular weight excluding hydrogens is 486 g/mol. The topological polar surface area (TPSA) is 108 Å². The monoisotopic (exact) mass is 507 g/mol. The second-order valence-corrected chi connectivity index (χ2v) is 8.60. The number of piperazine rings is 1. The molecule has 1 aromatic carbocycles. The van der Waals surface area contributed by atoms with Crippen molar-refractivity contribution in [2.24, 2.45) is 0 Å². The number of carbonyl (C=O) groups excluding carboxylic acids is 1. The molecule has 2 aromatic heterocycles. The molecule has 0 spiro atoms. The Balaban J connectivity index is 1.22. The van der Waals surface area contributed by atoms with Gasteiger partial charge in [0, 0.05) is 63.2 Å². The zero-order valence-corrected chi connectivity index (χ0v) is 19.0. The zero-order valence-electron chi connectivity index (χ0n) is 19.0. The minimum atomic E-state index is -4.51. The van der Waals surface area contributed by atoms with E-state index in [0.29, 0.717) is 49.5 Å². The van der Waals surface area contributed by atoms with Crippen molar-refractivity contribution in [1.29, 1.82) is 0 Å². The predicted molar refractivity (Wildman–Crippen MR) is 120 cm³/mol. The molecule has 4 heterocycles. The maximum Gasteiger partial charge on any atom is 0.419 e. The molecule has 0 aliphatic carbocycles. The fourth-order valence-electron chi connectivity index (χ4n) is 4.42. The first-order chi connectivity index (χ1) is 17.1. The predicted octanol–water partition coefficient (Wildman–Crippen LogP) is 1.73. The third-order valence-electron chi connectivity index (χ3n) is 6.31. The van der Waals surface area contributed by atoms with Gasteiger partial charge in [0.15, 0.2) is 0 Å². The number of H-pyrrole nitrogens is 1. The van der Waals surface area contributed by atoms with Crippen LogP contribution in [0.1, 0.15) is 17.4 Å². The number of benzene rings is 1. The normalized spacial score (nSPS) is 18.1. The minimum absolute atomic E-state index is 0.156. The largest absolute Gasteiger partial charge is 0.419 e. The molecule has 14 heteroatoms. The van der Waals surface area contributed by atoms with Crippen molar-refractivity contribution >= 4 is 28.3 Å². The molecule has 2 aliphatic rings. The summed E-state index contributed by atoms with van der Waals surface area (Å²) in [7, 11) is 1.74. The highest BCUT2D eigenvalue weighted by Crippen LogP contribution is 2.37. The molecule has 1 fully saturated rings. The molecule has 0 bridgehead atoms. The van der Waals surface area contributed by atoms with Crippen LogP contribution in [0.5, 0.6) is 0 Å². The number of aromatic amines is 1. The van der Waals surface area contributed by atoms with Crippen molar-refractivity contribution in [2.45, 2.75) is 12.3 Å². The SMILES string of the molecule is CN1C[C@@H](OCC(=O)N2CCN(c3ncc(C(F)(F)F)cn3)CC2)c2n[nH]c(=O)c3cc(F)cc1c23. The van der Waals surface area contributed by atoms with Gasteiger partial charge in [0.2, 0.25) is 11.9 Å². The summed E-state index contributed by atoms with van der Waals surface area (Å²) in [6, 6.07) is 2.47. The molecule has 1 amide bonds. The van der Waals surface area contributed by atoms with Crippen LogP contribution >= 0.6 is 0 Å². The number of halogens is 4. The zero-order chi connectivity index (χ0) is 25.6. The lowest BCUT2D eigenvalue weighted by Gasteiger charge is -2.35. The highest BCUT2D eigenvalue weighted by molar-refractivity contribution is 5.97. The first-order valence-electron chi connectivity index (χ1n) is 11.1. The van der Waals surface area contributed by atoms with Gasteiger partial charge in [0.05, 0.1) is 10.9 Å². The molecule has 1 atom stereocenters. The number of carbonyl (C=O) groups is 1. The van der Waals surface area contributed by atoms with Gasteiger partial charge < -0.3 is 19.4 Å². The number of amides is 1. The lowest BCUT2D eigenvalue weighted by molar-refractivity contribution is -0.139. The molecule has 0 radical (unpaired) electrons. The van der Waals surface area contributed by atoms with Crippen LogP contribution in [-0.4, -0.2) is 77.4 Å². The molecule has 0 unspecified atom stereocenters. The van der Waals surface area contributed by atoms with Crippen LogP contribution in [0.15, 0.2) is 29.3 Å². The summed E-state index contributed by atoms with van der Waals surface area (Å²) in [4.78, 5) is 37.6. The molecule has 190 valence electrons. The Morgan fingerprint density at radius 2 is 1.86 bits per heavy atom. The number of rotatable bonds is 4. The number of ether oxygens (including phenoxy) is 1.